The largest absolute Gasteiger partial charge is 0.486 e. The van der Waals surface area contributed by atoms with Crippen LogP contribution in [0.1, 0.15) is 37.9 Å². The highest BCUT2D eigenvalue weighted by Gasteiger charge is 2.26. The van der Waals surface area contributed by atoms with Crippen molar-refractivity contribution >= 4 is 11.5 Å². The molecule has 0 fully saturated rings. The van der Waals surface area contributed by atoms with Crippen LogP contribution in [0.3, 0.4) is 0 Å². The third-order valence-corrected chi connectivity index (χ3v) is 4.91. The summed E-state index contributed by atoms with van der Waals surface area (Å²) in [4.78, 5) is 8.55. The van der Waals surface area contributed by atoms with Gasteiger partial charge in [0.1, 0.15) is 47.5 Å². The van der Waals surface area contributed by atoms with E-state index in [1.807, 2.05) is 19.9 Å². The topological polar surface area (TPSA) is 80.1 Å². The zero-order chi connectivity index (χ0) is 23.0. The molecule has 3 heterocycles. The van der Waals surface area contributed by atoms with Gasteiger partial charge in [-0.3, -0.25) is 4.98 Å². The van der Waals surface area contributed by atoms with Crippen LogP contribution in [-0.4, -0.2) is 22.7 Å². The van der Waals surface area contributed by atoms with Gasteiger partial charge in [-0.05, 0) is 31.0 Å². The number of hydrogen-bond acceptors (Lipinski definition) is 6. The summed E-state index contributed by atoms with van der Waals surface area (Å²) in [5, 5.41) is 12.6. The summed E-state index contributed by atoms with van der Waals surface area (Å²) in [6.45, 7) is 5.41. The number of benzene rings is 1. The average molecular weight is 440 g/mol. The molecule has 2 bridgehead atoms. The van der Waals surface area contributed by atoms with Gasteiger partial charge in [0.2, 0.25) is 0 Å². The standard InChI is InChI=1S/C23H19F3N4O2/c1-11(2)19-21-17(6-7-28-19)32-12(3)10-31-22-15(25)5-4-14(24)18(22)20-16(26)8-13(9-27)23(29-20)30-21/h4-8,11-12H,10H2,1-3H3,(H,29,30)/t12-/m0/s1. The van der Waals surface area contributed by atoms with E-state index in [4.69, 9.17) is 9.47 Å². The van der Waals surface area contributed by atoms with Crippen molar-refractivity contribution in [1.82, 2.24) is 9.97 Å². The SMILES string of the molecule is CC(C)c1nccc2c1Nc1nc(c(F)cc1C#N)-c1c(F)ccc(F)c1OC[C@H](C)O2. The summed E-state index contributed by atoms with van der Waals surface area (Å²) in [5.74, 6) is -2.95. The molecule has 1 aromatic carbocycles. The van der Waals surface area contributed by atoms with E-state index >= 15 is 0 Å². The number of anilines is 2. The number of nitrogens with zero attached hydrogens (tertiary/aromatic N) is 3. The molecule has 6 nitrogen and oxygen atoms in total. The van der Waals surface area contributed by atoms with E-state index in [9.17, 15) is 18.4 Å². The van der Waals surface area contributed by atoms with Crippen LogP contribution < -0.4 is 14.8 Å². The van der Waals surface area contributed by atoms with E-state index in [0.717, 1.165) is 18.2 Å². The molecule has 2 aromatic heterocycles. The summed E-state index contributed by atoms with van der Waals surface area (Å²) in [7, 11) is 0. The van der Waals surface area contributed by atoms with Crippen molar-refractivity contribution in [3.8, 4) is 28.8 Å². The average Bonchev–Trinajstić information content (AvgIpc) is 2.75. The molecule has 164 valence electrons. The smallest absolute Gasteiger partial charge is 0.167 e. The number of nitriles is 1. The molecule has 0 aliphatic carbocycles. The number of rotatable bonds is 1. The van der Waals surface area contributed by atoms with Gasteiger partial charge in [0.05, 0.1) is 16.8 Å². The van der Waals surface area contributed by atoms with Crippen molar-refractivity contribution in [2.24, 2.45) is 0 Å². The fraction of sp³-hybridized carbons (Fsp3) is 0.261. The predicted molar refractivity (Wildman–Crippen MR) is 111 cm³/mol. The lowest BCUT2D eigenvalue weighted by atomic mass is 10.1. The number of fused-ring (bicyclic) bond motifs is 5. The molecule has 0 amide bonds. The molecule has 1 N–H and O–H groups in total. The van der Waals surface area contributed by atoms with Crippen LogP contribution in [0.2, 0.25) is 0 Å². The number of hydrogen-bond donors (Lipinski definition) is 1. The van der Waals surface area contributed by atoms with Gasteiger partial charge in [0, 0.05) is 12.3 Å². The summed E-state index contributed by atoms with van der Waals surface area (Å²) < 4.78 is 55.8. The molecule has 9 heteroatoms. The van der Waals surface area contributed by atoms with Gasteiger partial charge in [-0.25, -0.2) is 18.2 Å². The minimum atomic E-state index is -0.988. The van der Waals surface area contributed by atoms with Gasteiger partial charge in [-0.2, -0.15) is 5.26 Å². The fourth-order valence-corrected chi connectivity index (χ4v) is 3.43. The third-order valence-electron chi connectivity index (χ3n) is 4.91. The maximum Gasteiger partial charge on any atom is 0.167 e. The number of ether oxygens (including phenoxy) is 2. The minimum Gasteiger partial charge on any atom is -0.486 e. The summed E-state index contributed by atoms with van der Waals surface area (Å²) >= 11 is 0. The van der Waals surface area contributed by atoms with E-state index in [1.54, 1.807) is 19.2 Å². The van der Waals surface area contributed by atoms with Crippen LogP contribution in [0.15, 0.2) is 30.5 Å². The van der Waals surface area contributed by atoms with Crippen molar-refractivity contribution in [3.05, 3.63) is 59.2 Å². The minimum absolute atomic E-state index is 0.0294. The zero-order valence-corrected chi connectivity index (χ0v) is 17.5. The van der Waals surface area contributed by atoms with Gasteiger partial charge in [0.15, 0.2) is 17.4 Å². The van der Waals surface area contributed by atoms with Gasteiger partial charge in [-0.15, -0.1) is 0 Å². The molecule has 4 rings (SSSR count). The van der Waals surface area contributed by atoms with Crippen molar-refractivity contribution < 1.29 is 22.6 Å². The molecule has 1 atom stereocenters. The van der Waals surface area contributed by atoms with Crippen molar-refractivity contribution in [1.29, 1.82) is 5.26 Å². The first-order chi connectivity index (χ1) is 15.3. The zero-order valence-electron chi connectivity index (χ0n) is 17.5. The Hall–Kier alpha value is -3.80. The van der Waals surface area contributed by atoms with Crippen LogP contribution in [0.5, 0.6) is 11.5 Å². The fourth-order valence-electron chi connectivity index (χ4n) is 3.43. The van der Waals surface area contributed by atoms with Gasteiger partial charge < -0.3 is 14.8 Å². The van der Waals surface area contributed by atoms with Crippen LogP contribution >= 0.6 is 0 Å². The maximum atomic E-state index is 14.9. The molecule has 1 aliphatic heterocycles. The lowest BCUT2D eigenvalue weighted by Crippen LogP contribution is -2.23. The Kier molecular flexibility index (Phi) is 5.61. The molecule has 0 saturated heterocycles. The maximum absolute atomic E-state index is 14.9. The Morgan fingerprint density at radius 2 is 1.91 bits per heavy atom. The van der Waals surface area contributed by atoms with E-state index in [2.05, 4.69) is 15.3 Å². The van der Waals surface area contributed by atoms with Crippen LogP contribution in [0, 0.1) is 28.8 Å². The van der Waals surface area contributed by atoms with Gasteiger partial charge in [0.25, 0.3) is 0 Å². The quantitative estimate of drug-likeness (QED) is 0.541. The molecule has 0 saturated carbocycles. The van der Waals surface area contributed by atoms with E-state index in [0.29, 0.717) is 17.1 Å². The van der Waals surface area contributed by atoms with E-state index in [1.165, 1.54) is 0 Å². The summed E-state index contributed by atoms with van der Waals surface area (Å²) in [6.07, 6.45) is 0.994. The van der Waals surface area contributed by atoms with Crippen molar-refractivity contribution in [3.63, 3.8) is 0 Å². The molecule has 3 aromatic rings. The molecule has 0 radical (unpaired) electrons. The van der Waals surface area contributed by atoms with E-state index in [-0.39, 0.29) is 23.9 Å². The second-order valence-corrected chi connectivity index (χ2v) is 7.65. The Balaban J connectivity index is 2.03. The molecule has 0 spiro atoms. The van der Waals surface area contributed by atoms with Crippen LogP contribution in [0.25, 0.3) is 11.3 Å². The highest BCUT2D eigenvalue weighted by atomic mass is 19.1. The number of aromatic nitrogens is 2. The summed E-state index contributed by atoms with van der Waals surface area (Å²) in [6, 6.07) is 6.17. The Labute approximate surface area is 182 Å². The normalized spacial score (nSPS) is 15.1. The highest BCUT2D eigenvalue weighted by Crippen LogP contribution is 2.40. The second-order valence-electron chi connectivity index (χ2n) is 7.65. The molecule has 32 heavy (non-hydrogen) atoms. The number of halogens is 3. The Bertz CT molecular complexity index is 1240. The van der Waals surface area contributed by atoms with Gasteiger partial charge >= 0.3 is 0 Å². The van der Waals surface area contributed by atoms with Crippen molar-refractivity contribution in [2.75, 3.05) is 11.9 Å². The van der Waals surface area contributed by atoms with Crippen LogP contribution in [-0.2, 0) is 0 Å². The number of nitrogens with one attached hydrogen (secondary N) is 1. The summed E-state index contributed by atoms with van der Waals surface area (Å²) in [5.41, 5.74) is -0.0130. The predicted octanol–water partition coefficient (Wildman–Crippen LogP) is 5.46. The van der Waals surface area contributed by atoms with Crippen LogP contribution in [0.4, 0.5) is 24.7 Å². The Morgan fingerprint density at radius 3 is 2.62 bits per heavy atom. The highest BCUT2D eigenvalue weighted by molar-refractivity contribution is 5.75. The third kappa shape index (κ3) is 3.80. The Morgan fingerprint density at radius 1 is 1.16 bits per heavy atom. The molecule has 1 aliphatic rings. The first-order valence-corrected chi connectivity index (χ1v) is 9.94. The lowest BCUT2D eigenvalue weighted by molar-refractivity contribution is 0.140. The second kappa shape index (κ2) is 8.38. The molecular formula is C23H19F3N4O2. The molecule has 0 unspecified atom stereocenters. The number of pyridine rings is 2. The first kappa shape index (κ1) is 21.4. The van der Waals surface area contributed by atoms with Crippen molar-refractivity contribution in [2.45, 2.75) is 32.8 Å². The van der Waals surface area contributed by atoms with E-state index < -0.39 is 40.6 Å². The molecular weight excluding hydrogens is 421 g/mol. The lowest BCUT2D eigenvalue weighted by Gasteiger charge is -2.23. The first-order valence-electron chi connectivity index (χ1n) is 9.94. The van der Waals surface area contributed by atoms with Gasteiger partial charge in [-0.1, -0.05) is 13.8 Å². The monoisotopic (exact) mass is 440 g/mol.